The Balaban J connectivity index is 1.78. The molecule has 0 aliphatic heterocycles. The van der Waals surface area contributed by atoms with Crippen LogP contribution in [0.3, 0.4) is 0 Å². The molecule has 5 nitrogen and oxygen atoms in total. The molecule has 126 valence electrons. The third-order valence-electron chi connectivity index (χ3n) is 3.73. The smallest absolute Gasteiger partial charge is 0.261 e. The number of para-hydroxylation sites is 1. The molecule has 0 bridgehead atoms. The number of nitrogens with one attached hydrogen (secondary N) is 1. The largest absolute Gasteiger partial charge is 0.323 e. The predicted octanol–water partition coefficient (Wildman–Crippen LogP) is 3.35. The highest BCUT2D eigenvalue weighted by Gasteiger charge is 2.05. The maximum atomic E-state index is 12.5. The van der Waals surface area contributed by atoms with Gasteiger partial charge < -0.3 is 5.32 Å². The standard InChI is InChI=1S/C20H19N3O2/c1-14(2)11-19(24)22-16-9-7-15(8-10-16)12-23-13-21-18-6-4-3-5-17(18)20(23)25/h3-11,13H,12H2,1-2H3,(H,22,24). The summed E-state index contributed by atoms with van der Waals surface area (Å²) in [7, 11) is 0. The molecule has 0 radical (unpaired) electrons. The summed E-state index contributed by atoms with van der Waals surface area (Å²) in [6, 6.07) is 14.7. The lowest BCUT2D eigenvalue weighted by Crippen LogP contribution is -2.21. The molecule has 1 heterocycles. The van der Waals surface area contributed by atoms with Crippen LogP contribution in [0.15, 0.2) is 71.3 Å². The number of amides is 1. The Kier molecular flexibility index (Phi) is 4.75. The minimum absolute atomic E-state index is 0.0634. The van der Waals surface area contributed by atoms with E-state index in [1.807, 2.05) is 56.3 Å². The zero-order chi connectivity index (χ0) is 17.8. The van der Waals surface area contributed by atoms with E-state index in [1.165, 1.54) is 0 Å². The van der Waals surface area contributed by atoms with Crippen LogP contribution in [0.1, 0.15) is 19.4 Å². The number of anilines is 1. The van der Waals surface area contributed by atoms with Gasteiger partial charge in [-0.3, -0.25) is 14.2 Å². The number of carbonyl (C=O) groups is 1. The Morgan fingerprint density at radius 3 is 2.56 bits per heavy atom. The Labute approximate surface area is 145 Å². The number of benzene rings is 2. The van der Waals surface area contributed by atoms with Crippen LogP contribution >= 0.6 is 0 Å². The summed E-state index contributed by atoms with van der Waals surface area (Å²) in [6.45, 7) is 4.18. The molecule has 2 aromatic carbocycles. The van der Waals surface area contributed by atoms with Crippen LogP contribution in [0.5, 0.6) is 0 Å². The zero-order valence-electron chi connectivity index (χ0n) is 14.2. The molecular weight excluding hydrogens is 314 g/mol. The van der Waals surface area contributed by atoms with E-state index in [2.05, 4.69) is 10.3 Å². The number of nitrogens with zero attached hydrogens (tertiary/aromatic N) is 2. The molecule has 1 N–H and O–H groups in total. The second kappa shape index (κ2) is 7.13. The lowest BCUT2D eigenvalue weighted by atomic mass is 10.2. The molecule has 0 atom stereocenters. The van der Waals surface area contributed by atoms with Crippen LogP contribution in [0.25, 0.3) is 10.9 Å². The fraction of sp³-hybridized carbons (Fsp3) is 0.150. The third kappa shape index (κ3) is 4.01. The lowest BCUT2D eigenvalue weighted by Gasteiger charge is -2.08. The highest BCUT2D eigenvalue weighted by molar-refractivity contribution is 5.99. The summed E-state index contributed by atoms with van der Waals surface area (Å²) in [4.78, 5) is 28.6. The van der Waals surface area contributed by atoms with Crippen molar-refractivity contribution in [1.29, 1.82) is 0 Å². The third-order valence-corrected chi connectivity index (χ3v) is 3.73. The van der Waals surface area contributed by atoms with Crippen molar-refractivity contribution >= 4 is 22.5 Å². The minimum Gasteiger partial charge on any atom is -0.323 e. The minimum atomic E-state index is -0.150. The van der Waals surface area contributed by atoms with E-state index in [0.717, 1.165) is 16.8 Å². The molecule has 0 saturated carbocycles. The number of hydrogen-bond acceptors (Lipinski definition) is 3. The van der Waals surface area contributed by atoms with Gasteiger partial charge >= 0.3 is 0 Å². The molecule has 5 heteroatoms. The van der Waals surface area contributed by atoms with E-state index in [1.54, 1.807) is 23.0 Å². The van der Waals surface area contributed by atoms with Crippen molar-refractivity contribution in [3.8, 4) is 0 Å². The van der Waals surface area contributed by atoms with Crippen molar-refractivity contribution in [2.45, 2.75) is 20.4 Å². The summed E-state index contributed by atoms with van der Waals surface area (Å²) < 4.78 is 1.58. The normalized spacial score (nSPS) is 10.5. The molecule has 3 aromatic rings. The van der Waals surface area contributed by atoms with E-state index >= 15 is 0 Å². The molecule has 0 unspecified atom stereocenters. The van der Waals surface area contributed by atoms with Gasteiger partial charge in [-0.05, 0) is 43.7 Å². The molecule has 0 saturated heterocycles. The van der Waals surface area contributed by atoms with Gasteiger partial charge in [0.25, 0.3) is 5.56 Å². The van der Waals surface area contributed by atoms with Crippen molar-refractivity contribution < 1.29 is 4.79 Å². The summed E-state index contributed by atoms with van der Waals surface area (Å²) in [5, 5.41) is 3.41. The number of carbonyl (C=O) groups excluding carboxylic acids is 1. The van der Waals surface area contributed by atoms with Gasteiger partial charge in [-0.25, -0.2) is 4.98 Å². The van der Waals surface area contributed by atoms with Crippen LogP contribution in [-0.2, 0) is 11.3 Å². The predicted molar refractivity (Wildman–Crippen MR) is 99.6 cm³/mol. The highest BCUT2D eigenvalue weighted by atomic mass is 16.1. The summed E-state index contributed by atoms with van der Waals surface area (Å²) in [6.07, 6.45) is 3.11. The van der Waals surface area contributed by atoms with Crippen LogP contribution in [0.4, 0.5) is 5.69 Å². The van der Waals surface area contributed by atoms with Crippen molar-refractivity contribution in [2.75, 3.05) is 5.32 Å². The van der Waals surface area contributed by atoms with Gasteiger partial charge in [0, 0.05) is 11.8 Å². The van der Waals surface area contributed by atoms with Gasteiger partial charge in [0.15, 0.2) is 0 Å². The van der Waals surface area contributed by atoms with Gasteiger partial charge in [-0.15, -0.1) is 0 Å². The zero-order valence-corrected chi connectivity index (χ0v) is 14.2. The quantitative estimate of drug-likeness (QED) is 0.745. The molecule has 0 aliphatic carbocycles. The Bertz CT molecular complexity index is 997. The van der Waals surface area contributed by atoms with E-state index < -0.39 is 0 Å². The van der Waals surface area contributed by atoms with Crippen LogP contribution in [0.2, 0.25) is 0 Å². The molecule has 0 aliphatic rings. The first kappa shape index (κ1) is 16.6. The van der Waals surface area contributed by atoms with Crippen LogP contribution in [0, 0.1) is 0 Å². The van der Waals surface area contributed by atoms with E-state index in [9.17, 15) is 9.59 Å². The Morgan fingerprint density at radius 1 is 1.12 bits per heavy atom. The average molecular weight is 333 g/mol. The van der Waals surface area contributed by atoms with Gasteiger partial charge in [-0.2, -0.15) is 0 Å². The Morgan fingerprint density at radius 2 is 1.84 bits per heavy atom. The Hall–Kier alpha value is -3.21. The number of fused-ring (bicyclic) bond motifs is 1. The molecule has 0 fully saturated rings. The van der Waals surface area contributed by atoms with Crippen LogP contribution in [-0.4, -0.2) is 15.5 Å². The van der Waals surface area contributed by atoms with Gasteiger partial charge in [0.1, 0.15) is 0 Å². The molecule has 1 amide bonds. The number of allylic oxidation sites excluding steroid dienone is 1. The SMILES string of the molecule is CC(C)=CC(=O)Nc1ccc(Cn2cnc3ccccc3c2=O)cc1. The van der Waals surface area contributed by atoms with E-state index in [-0.39, 0.29) is 11.5 Å². The van der Waals surface area contributed by atoms with Gasteiger partial charge in [0.2, 0.25) is 5.91 Å². The molecule has 0 spiro atoms. The van der Waals surface area contributed by atoms with Crippen molar-refractivity contribution in [3.63, 3.8) is 0 Å². The maximum absolute atomic E-state index is 12.5. The topological polar surface area (TPSA) is 64.0 Å². The second-order valence-electron chi connectivity index (χ2n) is 6.10. The number of hydrogen-bond donors (Lipinski definition) is 1. The molecule has 25 heavy (non-hydrogen) atoms. The monoisotopic (exact) mass is 333 g/mol. The number of rotatable bonds is 4. The summed E-state index contributed by atoms with van der Waals surface area (Å²) in [5.41, 5.74) is 3.25. The second-order valence-corrected chi connectivity index (χ2v) is 6.10. The fourth-order valence-corrected chi connectivity index (χ4v) is 2.55. The van der Waals surface area contributed by atoms with Gasteiger partial charge in [0.05, 0.1) is 23.8 Å². The molecule has 1 aromatic heterocycles. The highest BCUT2D eigenvalue weighted by Crippen LogP contribution is 2.11. The number of aromatic nitrogens is 2. The fourth-order valence-electron chi connectivity index (χ4n) is 2.55. The first-order valence-corrected chi connectivity index (χ1v) is 8.02. The van der Waals surface area contributed by atoms with Crippen LogP contribution < -0.4 is 10.9 Å². The van der Waals surface area contributed by atoms with Crippen molar-refractivity contribution in [1.82, 2.24) is 9.55 Å². The average Bonchev–Trinajstić information content (AvgIpc) is 2.58. The maximum Gasteiger partial charge on any atom is 0.261 e. The molecular formula is C20H19N3O2. The summed E-state index contributed by atoms with van der Waals surface area (Å²) in [5.74, 6) is -0.150. The van der Waals surface area contributed by atoms with E-state index in [4.69, 9.17) is 0 Å². The first-order chi connectivity index (χ1) is 12.0. The summed E-state index contributed by atoms with van der Waals surface area (Å²) >= 11 is 0. The molecule has 3 rings (SSSR count). The first-order valence-electron chi connectivity index (χ1n) is 8.02. The van der Waals surface area contributed by atoms with E-state index in [0.29, 0.717) is 17.4 Å². The van der Waals surface area contributed by atoms with Crippen molar-refractivity contribution in [3.05, 3.63) is 82.4 Å². The van der Waals surface area contributed by atoms with Gasteiger partial charge in [-0.1, -0.05) is 29.8 Å². The lowest BCUT2D eigenvalue weighted by molar-refractivity contribution is -0.111. The van der Waals surface area contributed by atoms with Crippen molar-refractivity contribution in [2.24, 2.45) is 0 Å².